The molecule has 0 aliphatic heterocycles. The monoisotopic (exact) mass is 624 g/mol. The van der Waals surface area contributed by atoms with Crippen molar-refractivity contribution in [1.29, 1.82) is 0 Å². The number of nitrogens with one attached hydrogen (secondary N) is 5. The molecule has 0 unspecified atom stereocenters. The predicted molar refractivity (Wildman–Crippen MR) is 163 cm³/mol. The van der Waals surface area contributed by atoms with Gasteiger partial charge in [-0.1, -0.05) is 60.7 Å². The first kappa shape index (κ1) is 35.9. The largest absolute Gasteiger partial charge is 0.370 e. The van der Waals surface area contributed by atoms with E-state index in [1.807, 2.05) is 30.3 Å². The van der Waals surface area contributed by atoms with Gasteiger partial charge in [0.2, 0.25) is 41.4 Å². The summed E-state index contributed by atoms with van der Waals surface area (Å²) in [5, 5.41) is 12.3. The summed E-state index contributed by atoms with van der Waals surface area (Å²) < 4.78 is 0. The van der Waals surface area contributed by atoms with E-state index in [2.05, 4.69) is 26.6 Å². The molecule has 0 heterocycles. The smallest absolute Gasteiger partial charge is 0.243 e. The van der Waals surface area contributed by atoms with Crippen LogP contribution < -0.4 is 43.8 Å². The molecule has 0 saturated carbocycles. The molecular formula is C30H40N8O7. The van der Waals surface area contributed by atoms with Crippen molar-refractivity contribution in [2.75, 3.05) is 19.6 Å². The number of carbonyl (C=O) groups is 7. The summed E-state index contributed by atoms with van der Waals surface area (Å²) >= 11 is 0. The van der Waals surface area contributed by atoms with Crippen molar-refractivity contribution in [3.05, 3.63) is 71.8 Å². The first-order valence-corrected chi connectivity index (χ1v) is 14.3. The van der Waals surface area contributed by atoms with Crippen LogP contribution >= 0.6 is 0 Å². The molecule has 0 spiro atoms. The fourth-order valence-electron chi connectivity index (χ4n) is 4.06. The van der Waals surface area contributed by atoms with Gasteiger partial charge < -0.3 is 43.8 Å². The third kappa shape index (κ3) is 14.6. The molecule has 2 rings (SSSR count). The van der Waals surface area contributed by atoms with Gasteiger partial charge in [-0.05, 0) is 24.0 Å². The molecule has 0 aliphatic rings. The summed E-state index contributed by atoms with van der Waals surface area (Å²) in [7, 11) is 0. The maximum atomic E-state index is 13.3. The second-order valence-corrected chi connectivity index (χ2v) is 10.2. The lowest BCUT2D eigenvalue weighted by Crippen LogP contribution is -2.56. The van der Waals surface area contributed by atoms with Crippen LogP contribution in [0.3, 0.4) is 0 Å². The number of hydrogen-bond donors (Lipinski definition) is 8. The van der Waals surface area contributed by atoms with E-state index in [0.29, 0.717) is 5.56 Å². The Kier molecular flexibility index (Phi) is 15.2. The average Bonchev–Trinajstić information content (AvgIpc) is 3.01. The van der Waals surface area contributed by atoms with Crippen LogP contribution in [-0.2, 0) is 46.4 Å². The van der Waals surface area contributed by atoms with Crippen LogP contribution in [0.15, 0.2) is 60.7 Å². The van der Waals surface area contributed by atoms with Crippen LogP contribution in [-0.4, -0.2) is 79.1 Å². The van der Waals surface area contributed by atoms with E-state index in [-0.39, 0.29) is 38.6 Å². The second-order valence-electron chi connectivity index (χ2n) is 10.2. The fraction of sp³-hybridized carbons (Fsp3) is 0.367. The maximum absolute atomic E-state index is 13.3. The summed E-state index contributed by atoms with van der Waals surface area (Å²) in [6.45, 7) is -1.02. The van der Waals surface area contributed by atoms with E-state index in [1.54, 1.807) is 30.3 Å². The van der Waals surface area contributed by atoms with Crippen molar-refractivity contribution in [1.82, 2.24) is 26.6 Å². The molecule has 3 atom stereocenters. The Bertz CT molecular complexity index is 1320. The highest BCUT2D eigenvalue weighted by atomic mass is 16.2. The summed E-state index contributed by atoms with van der Waals surface area (Å²) in [6, 6.07) is 14.6. The topological polar surface area (TPSA) is 258 Å². The van der Waals surface area contributed by atoms with Gasteiger partial charge in [-0.3, -0.25) is 33.6 Å². The van der Waals surface area contributed by atoms with Crippen molar-refractivity contribution < 1.29 is 33.6 Å². The highest BCUT2D eigenvalue weighted by molar-refractivity contribution is 5.94. The lowest BCUT2D eigenvalue weighted by Gasteiger charge is -2.23. The van der Waals surface area contributed by atoms with Gasteiger partial charge >= 0.3 is 0 Å². The van der Waals surface area contributed by atoms with Crippen LogP contribution in [0.2, 0.25) is 0 Å². The molecule has 7 amide bonds. The van der Waals surface area contributed by atoms with Crippen molar-refractivity contribution in [3.8, 4) is 0 Å². The zero-order chi connectivity index (χ0) is 33.2. The number of primary amides is 2. The number of rotatable bonds is 19. The lowest BCUT2D eigenvalue weighted by molar-refractivity contribution is -0.132. The van der Waals surface area contributed by atoms with Gasteiger partial charge in [0.05, 0.1) is 19.1 Å². The average molecular weight is 625 g/mol. The Labute approximate surface area is 260 Å². The van der Waals surface area contributed by atoms with Crippen LogP contribution in [0, 0.1) is 0 Å². The molecule has 0 radical (unpaired) electrons. The molecule has 2 aromatic rings. The second kappa shape index (κ2) is 19.1. The Morgan fingerprint density at radius 3 is 1.71 bits per heavy atom. The molecule has 15 nitrogen and oxygen atoms in total. The fourth-order valence-corrected chi connectivity index (χ4v) is 4.06. The van der Waals surface area contributed by atoms with E-state index in [0.717, 1.165) is 5.56 Å². The van der Waals surface area contributed by atoms with E-state index < -0.39 is 72.6 Å². The summed E-state index contributed by atoms with van der Waals surface area (Å²) in [5.74, 6) is -4.66. The lowest BCUT2D eigenvalue weighted by atomic mass is 10.0. The molecule has 242 valence electrons. The van der Waals surface area contributed by atoms with Gasteiger partial charge in [-0.25, -0.2) is 0 Å². The van der Waals surface area contributed by atoms with Crippen LogP contribution in [0.1, 0.15) is 30.4 Å². The Balaban J connectivity index is 1.97. The van der Waals surface area contributed by atoms with Crippen molar-refractivity contribution >= 4 is 41.4 Å². The van der Waals surface area contributed by atoms with E-state index in [1.165, 1.54) is 0 Å². The summed E-state index contributed by atoms with van der Waals surface area (Å²) in [4.78, 5) is 85.6. The minimum Gasteiger partial charge on any atom is -0.370 e. The van der Waals surface area contributed by atoms with Crippen molar-refractivity contribution in [3.63, 3.8) is 0 Å². The Hall–Kier alpha value is -5.31. The first-order valence-electron chi connectivity index (χ1n) is 14.3. The molecule has 0 fully saturated rings. The van der Waals surface area contributed by atoms with Crippen LogP contribution in [0.5, 0.6) is 0 Å². The normalized spacial score (nSPS) is 12.5. The van der Waals surface area contributed by atoms with E-state index in [4.69, 9.17) is 17.2 Å². The Morgan fingerprint density at radius 1 is 0.578 bits per heavy atom. The molecule has 0 bridgehead atoms. The summed E-state index contributed by atoms with van der Waals surface area (Å²) in [6.07, 6.45) is -0.172. The quantitative estimate of drug-likeness (QED) is 0.0811. The van der Waals surface area contributed by atoms with Crippen LogP contribution in [0.25, 0.3) is 0 Å². The third-order valence-electron chi connectivity index (χ3n) is 6.42. The molecule has 15 heteroatoms. The Morgan fingerprint density at radius 2 is 1.13 bits per heavy atom. The van der Waals surface area contributed by atoms with Gasteiger partial charge in [-0.15, -0.1) is 0 Å². The number of hydrogen-bond acceptors (Lipinski definition) is 8. The number of nitrogens with two attached hydrogens (primary N) is 3. The van der Waals surface area contributed by atoms with Gasteiger partial charge in [-0.2, -0.15) is 0 Å². The molecule has 45 heavy (non-hydrogen) atoms. The van der Waals surface area contributed by atoms with Gasteiger partial charge in [0.1, 0.15) is 12.1 Å². The molecule has 11 N–H and O–H groups in total. The van der Waals surface area contributed by atoms with Crippen molar-refractivity contribution in [2.24, 2.45) is 17.2 Å². The van der Waals surface area contributed by atoms with Gasteiger partial charge in [0, 0.05) is 25.8 Å². The molecule has 0 aromatic heterocycles. The molecule has 2 aromatic carbocycles. The standard InChI is InChI=1S/C30H40N8O7/c31-21(15-19-7-3-1-4-8-19)28(43)36-17-26(41)35-18-27(42)37-23(16-20-9-5-2-6-10-20)30(45)38-22(11-12-24(32)39)29(44)34-14-13-25(33)40/h1-10,21-23H,11-18,31H2,(H2,32,39)(H2,33,40)(H,34,44)(H,35,41)(H,36,43)(H,37,42)(H,38,45)/t21-,22-,23-/m0/s1. The van der Waals surface area contributed by atoms with Crippen LogP contribution in [0.4, 0.5) is 0 Å². The minimum atomic E-state index is -1.20. The zero-order valence-corrected chi connectivity index (χ0v) is 24.8. The maximum Gasteiger partial charge on any atom is 0.243 e. The van der Waals surface area contributed by atoms with Gasteiger partial charge in [0.25, 0.3) is 0 Å². The first-order chi connectivity index (χ1) is 21.4. The highest BCUT2D eigenvalue weighted by Crippen LogP contribution is 2.06. The number of amides is 7. The van der Waals surface area contributed by atoms with Gasteiger partial charge in [0.15, 0.2) is 0 Å². The third-order valence-corrected chi connectivity index (χ3v) is 6.42. The highest BCUT2D eigenvalue weighted by Gasteiger charge is 2.27. The predicted octanol–water partition coefficient (Wildman–Crippen LogP) is -2.74. The molecule has 0 saturated heterocycles. The summed E-state index contributed by atoms with van der Waals surface area (Å²) in [5.41, 5.74) is 17.8. The number of carbonyl (C=O) groups excluding carboxylic acids is 7. The number of benzene rings is 2. The van der Waals surface area contributed by atoms with E-state index >= 15 is 0 Å². The minimum absolute atomic E-state index is 0.0353. The molecule has 0 aliphatic carbocycles. The van der Waals surface area contributed by atoms with E-state index in [9.17, 15) is 33.6 Å². The van der Waals surface area contributed by atoms with Crippen molar-refractivity contribution in [2.45, 2.75) is 50.2 Å². The molecular weight excluding hydrogens is 584 g/mol. The SMILES string of the molecule is NC(=O)CCNC(=O)[C@H](CCC(N)=O)NC(=O)[C@H](Cc1ccccc1)NC(=O)CNC(=O)CNC(=O)[C@@H](N)Cc1ccccc1. The zero-order valence-electron chi connectivity index (χ0n) is 24.8.